The molecule has 1 aliphatic rings. The summed E-state index contributed by atoms with van der Waals surface area (Å²) in [5.41, 5.74) is 0. The predicted octanol–water partition coefficient (Wildman–Crippen LogP) is -0.760. The summed E-state index contributed by atoms with van der Waals surface area (Å²) in [5.74, 6) is 0.273. The number of hydrogen-bond donors (Lipinski definition) is 1. The fourth-order valence-corrected chi connectivity index (χ4v) is 2.50. The molecule has 1 unspecified atom stereocenters. The van der Waals surface area contributed by atoms with E-state index in [-0.39, 0.29) is 5.75 Å². The topological polar surface area (TPSA) is 49.4 Å². The van der Waals surface area contributed by atoms with Crippen LogP contribution >= 0.6 is 0 Å². The Kier molecular flexibility index (Phi) is 2.51. The first-order chi connectivity index (χ1) is 5.06. The maximum absolute atomic E-state index is 11.1. The van der Waals surface area contributed by atoms with Crippen molar-refractivity contribution in [2.24, 2.45) is 0 Å². The minimum atomic E-state index is -2.91. The van der Waals surface area contributed by atoms with E-state index in [1.54, 1.807) is 7.05 Å². The molecule has 11 heavy (non-hydrogen) atoms. The van der Waals surface area contributed by atoms with Crippen LogP contribution in [0.1, 0.15) is 6.42 Å². The van der Waals surface area contributed by atoms with Gasteiger partial charge in [0.05, 0.1) is 5.75 Å². The second-order valence-corrected chi connectivity index (χ2v) is 5.07. The van der Waals surface area contributed by atoms with E-state index in [1.807, 2.05) is 7.05 Å². The van der Waals surface area contributed by atoms with Crippen LogP contribution in [0.2, 0.25) is 0 Å². The van der Waals surface area contributed by atoms with Crippen LogP contribution in [0.4, 0.5) is 0 Å². The Morgan fingerprint density at radius 3 is 2.64 bits per heavy atom. The Morgan fingerprint density at radius 1 is 1.55 bits per heavy atom. The highest BCUT2D eigenvalue weighted by atomic mass is 32.2. The summed E-state index contributed by atoms with van der Waals surface area (Å²) in [5, 5.41) is 3.07. The molecule has 0 aromatic rings. The molecule has 66 valence electrons. The lowest BCUT2D eigenvalue weighted by Crippen LogP contribution is -2.47. The summed E-state index contributed by atoms with van der Waals surface area (Å²) >= 11 is 0. The molecule has 1 fully saturated rings. The molecule has 1 N–H and O–H groups in total. The van der Waals surface area contributed by atoms with Gasteiger partial charge in [0.2, 0.25) is 10.0 Å². The number of hydrogen-bond acceptors (Lipinski definition) is 3. The van der Waals surface area contributed by atoms with E-state index < -0.39 is 10.0 Å². The lowest BCUT2D eigenvalue weighted by Gasteiger charge is -2.28. The van der Waals surface area contributed by atoms with Crippen LogP contribution < -0.4 is 5.32 Å². The first-order valence-corrected chi connectivity index (χ1v) is 5.28. The van der Waals surface area contributed by atoms with Gasteiger partial charge in [0.15, 0.2) is 0 Å². The molecule has 1 heterocycles. The van der Waals surface area contributed by atoms with Crippen LogP contribution in [0.25, 0.3) is 0 Å². The van der Waals surface area contributed by atoms with Crippen molar-refractivity contribution >= 4 is 10.0 Å². The second kappa shape index (κ2) is 3.08. The van der Waals surface area contributed by atoms with E-state index in [4.69, 9.17) is 0 Å². The third kappa shape index (κ3) is 1.91. The molecule has 0 aromatic heterocycles. The van der Waals surface area contributed by atoms with Crippen LogP contribution in [0.15, 0.2) is 0 Å². The van der Waals surface area contributed by atoms with Crippen molar-refractivity contribution in [3.63, 3.8) is 0 Å². The van der Waals surface area contributed by atoms with Crippen LogP contribution in [-0.2, 0) is 10.0 Å². The van der Waals surface area contributed by atoms with Gasteiger partial charge in [0, 0.05) is 19.6 Å². The minimum absolute atomic E-state index is 0.273. The van der Waals surface area contributed by atoms with Crippen molar-refractivity contribution in [2.45, 2.75) is 12.5 Å². The summed E-state index contributed by atoms with van der Waals surface area (Å²) in [6.45, 7) is 0.596. The van der Waals surface area contributed by atoms with Crippen molar-refractivity contribution in [1.29, 1.82) is 0 Å². The molecule has 4 nitrogen and oxygen atoms in total. The number of nitrogens with one attached hydrogen (secondary N) is 1. The number of nitrogens with zero attached hydrogens (tertiary/aromatic N) is 1. The van der Waals surface area contributed by atoms with Crippen molar-refractivity contribution in [3.8, 4) is 0 Å². The summed E-state index contributed by atoms with van der Waals surface area (Å²) in [6.07, 6.45) is 0.725. The largest absolute Gasteiger partial charge is 0.316 e. The van der Waals surface area contributed by atoms with Crippen molar-refractivity contribution in [2.75, 3.05) is 26.4 Å². The van der Waals surface area contributed by atoms with Gasteiger partial charge in [0.1, 0.15) is 0 Å². The molecule has 1 rings (SSSR count). The van der Waals surface area contributed by atoms with Gasteiger partial charge in [-0.3, -0.25) is 0 Å². The molecule has 1 saturated heterocycles. The molecule has 0 saturated carbocycles. The number of sulfonamides is 1. The average Bonchev–Trinajstić information content (AvgIpc) is 1.95. The van der Waals surface area contributed by atoms with Crippen molar-refractivity contribution < 1.29 is 8.42 Å². The Hall–Kier alpha value is -0.130. The fourth-order valence-electron chi connectivity index (χ4n) is 1.20. The molecule has 1 aliphatic heterocycles. The Morgan fingerprint density at radius 2 is 2.18 bits per heavy atom. The molecule has 0 radical (unpaired) electrons. The third-order valence-electron chi connectivity index (χ3n) is 2.08. The van der Waals surface area contributed by atoms with Crippen LogP contribution in [-0.4, -0.2) is 45.2 Å². The van der Waals surface area contributed by atoms with E-state index in [1.165, 1.54) is 4.31 Å². The average molecular weight is 178 g/mol. The summed E-state index contributed by atoms with van der Waals surface area (Å²) < 4.78 is 23.7. The van der Waals surface area contributed by atoms with Crippen LogP contribution in [0, 0.1) is 0 Å². The van der Waals surface area contributed by atoms with Gasteiger partial charge in [-0.2, -0.15) is 0 Å². The predicted molar refractivity (Wildman–Crippen MR) is 43.9 cm³/mol. The first kappa shape index (κ1) is 8.96. The smallest absolute Gasteiger partial charge is 0.213 e. The maximum atomic E-state index is 11.1. The van der Waals surface area contributed by atoms with Gasteiger partial charge in [0.25, 0.3) is 0 Å². The molecule has 0 aromatic carbocycles. The zero-order chi connectivity index (χ0) is 8.48. The molecule has 0 amide bonds. The van der Waals surface area contributed by atoms with E-state index in [2.05, 4.69) is 5.32 Å². The van der Waals surface area contributed by atoms with Gasteiger partial charge in [-0.25, -0.2) is 12.7 Å². The summed E-state index contributed by atoms with van der Waals surface area (Å²) in [6, 6.07) is 0.323. The standard InChI is InChI=1S/C6H14N2O2S/c1-7-6-3-4-11(9,10)8(2)5-6/h6-7H,3-5H2,1-2H3. The highest BCUT2D eigenvalue weighted by molar-refractivity contribution is 7.89. The summed E-state index contributed by atoms with van der Waals surface area (Å²) in [4.78, 5) is 0. The van der Waals surface area contributed by atoms with Crippen molar-refractivity contribution in [1.82, 2.24) is 9.62 Å². The minimum Gasteiger partial charge on any atom is -0.316 e. The molecule has 0 bridgehead atoms. The maximum Gasteiger partial charge on any atom is 0.213 e. The van der Waals surface area contributed by atoms with E-state index >= 15 is 0 Å². The van der Waals surface area contributed by atoms with Gasteiger partial charge in [-0.1, -0.05) is 0 Å². The molecular formula is C6H14N2O2S. The summed E-state index contributed by atoms with van der Waals surface area (Å²) in [7, 11) is 0.570. The quantitative estimate of drug-likeness (QED) is 0.574. The number of likely N-dealkylation sites (N-methyl/N-ethyl adjacent to an activating group) is 2. The Balaban J connectivity index is 2.62. The van der Waals surface area contributed by atoms with E-state index in [9.17, 15) is 8.42 Å². The Bertz CT molecular complexity index is 225. The molecular weight excluding hydrogens is 164 g/mol. The fraction of sp³-hybridized carbons (Fsp3) is 1.00. The highest BCUT2D eigenvalue weighted by Gasteiger charge is 2.27. The van der Waals surface area contributed by atoms with Gasteiger partial charge < -0.3 is 5.32 Å². The van der Waals surface area contributed by atoms with E-state index in [0.29, 0.717) is 12.6 Å². The lowest BCUT2D eigenvalue weighted by atomic mass is 10.2. The normalized spacial score (nSPS) is 32.0. The van der Waals surface area contributed by atoms with Gasteiger partial charge in [-0.05, 0) is 13.5 Å². The zero-order valence-electron chi connectivity index (χ0n) is 6.87. The Labute approximate surface area is 67.6 Å². The van der Waals surface area contributed by atoms with Crippen molar-refractivity contribution in [3.05, 3.63) is 0 Å². The third-order valence-corrected chi connectivity index (χ3v) is 3.94. The SMILES string of the molecule is CNC1CCS(=O)(=O)N(C)C1. The molecule has 1 atom stereocenters. The molecule has 5 heteroatoms. The second-order valence-electron chi connectivity index (χ2n) is 2.87. The lowest BCUT2D eigenvalue weighted by molar-refractivity contribution is 0.373. The van der Waals surface area contributed by atoms with Crippen LogP contribution in [0.5, 0.6) is 0 Å². The highest BCUT2D eigenvalue weighted by Crippen LogP contribution is 2.10. The van der Waals surface area contributed by atoms with Crippen LogP contribution in [0.3, 0.4) is 0 Å². The first-order valence-electron chi connectivity index (χ1n) is 3.67. The number of rotatable bonds is 1. The van der Waals surface area contributed by atoms with Gasteiger partial charge in [-0.15, -0.1) is 0 Å². The molecule has 0 spiro atoms. The molecule has 0 aliphatic carbocycles. The van der Waals surface area contributed by atoms with E-state index in [0.717, 1.165) is 6.42 Å². The van der Waals surface area contributed by atoms with Gasteiger partial charge >= 0.3 is 0 Å². The zero-order valence-corrected chi connectivity index (χ0v) is 7.69. The monoisotopic (exact) mass is 178 g/mol.